The van der Waals surface area contributed by atoms with Gasteiger partial charge < -0.3 is 14.8 Å². The number of benzene rings is 1. The molecule has 3 heterocycles. The van der Waals surface area contributed by atoms with Gasteiger partial charge in [0.2, 0.25) is 0 Å². The zero-order valence-electron chi connectivity index (χ0n) is 16.9. The molecule has 1 aromatic carbocycles. The second-order valence-corrected chi connectivity index (χ2v) is 7.81. The van der Waals surface area contributed by atoms with Crippen LogP contribution in [0.25, 0.3) is 11.0 Å². The van der Waals surface area contributed by atoms with Gasteiger partial charge in [-0.2, -0.15) is 13.2 Å². The van der Waals surface area contributed by atoms with E-state index in [1.54, 1.807) is 0 Å². The Morgan fingerprint density at radius 3 is 2.58 bits per heavy atom. The van der Waals surface area contributed by atoms with Gasteiger partial charge >= 0.3 is 11.9 Å². The monoisotopic (exact) mass is 462 g/mol. The maximum atomic E-state index is 13.8. The number of hydrogen-bond acceptors (Lipinski definition) is 6. The van der Waals surface area contributed by atoms with Crippen LogP contribution in [0.1, 0.15) is 40.8 Å². The summed E-state index contributed by atoms with van der Waals surface area (Å²) in [6.45, 7) is 0.483. The molecule has 1 aliphatic carbocycles. The number of halogens is 3. The van der Waals surface area contributed by atoms with Gasteiger partial charge in [-0.1, -0.05) is 6.07 Å². The Morgan fingerprint density at radius 1 is 1.15 bits per heavy atom. The summed E-state index contributed by atoms with van der Waals surface area (Å²) in [6.07, 6.45) is -2.28. The zero-order valence-corrected chi connectivity index (χ0v) is 16.9. The molecule has 0 radical (unpaired) electrons. The summed E-state index contributed by atoms with van der Waals surface area (Å²) in [5.41, 5.74) is -1.79. The minimum absolute atomic E-state index is 0.0583. The molecule has 5 rings (SSSR count). The summed E-state index contributed by atoms with van der Waals surface area (Å²) in [6, 6.07) is 2.41. The number of carbonyl (C=O) groups is 1. The van der Waals surface area contributed by atoms with E-state index in [9.17, 15) is 27.6 Å². The van der Waals surface area contributed by atoms with Gasteiger partial charge in [-0.05, 0) is 36.6 Å². The Labute approximate surface area is 183 Å². The summed E-state index contributed by atoms with van der Waals surface area (Å²) in [4.78, 5) is 43.3. The van der Waals surface area contributed by atoms with Crippen LogP contribution in [0, 0.1) is 0 Å². The molecule has 0 unspecified atom stereocenters. The van der Waals surface area contributed by atoms with Gasteiger partial charge in [-0.3, -0.25) is 19.1 Å². The summed E-state index contributed by atoms with van der Waals surface area (Å²) in [5.74, 6) is -0.610. The fourth-order valence-electron chi connectivity index (χ4n) is 3.74. The largest absolute Gasteiger partial charge is 0.486 e. The summed E-state index contributed by atoms with van der Waals surface area (Å²) in [7, 11) is 0. The van der Waals surface area contributed by atoms with Gasteiger partial charge in [0.1, 0.15) is 18.9 Å². The van der Waals surface area contributed by atoms with Crippen molar-refractivity contribution in [2.24, 2.45) is 0 Å². The first-order chi connectivity index (χ1) is 15.7. The van der Waals surface area contributed by atoms with E-state index in [4.69, 9.17) is 9.47 Å². The van der Waals surface area contributed by atoms with Crippen molar-refractivity contribution in [2.45, 2.75) is 31.1 Å². The second kappa shape index (κ2) is 7.64. The van der Waals surface area contributed by atoms with Crippen LogP contribution in [0.3, 0.4) is 0 Å². The number of alkyl halides is 3. The van der Waals surface area contributed by atoms with Crippen LogP contribution in [0.15, 0.2) is 40.1 Å². The van der Waals surface area contributed by atoms with Crippen molar-refractivity contribution >= 4 is 16.9 Å². The van der Waals surface area contributed by atoms with Crippen molar-refractivity contribution in [2.75, 3.05) is 13.2 Å². The molecule has 9 nitrogen and oxygen atoms in total. The molecule has 1 aliphatic heterocycles. The number of hydrogen-bond donors (Lipinski definition) is 2. The van der Waals surface area contributed by atoms with Gasteiger partial charge in [0.15, 0.2) is 17.5 Å². The molecule has 3 aromatic rings. The van der Waals surface area contributed by atoms with Crippen molar-refractivity contribution in [1.82, 2.24) is 19.9 Å². The van der Waals surface area contributed by atoms with Gasteiger partial charge in [0, 0.05) is 12.2 Å². The van der Waals surface area contributed by atoms with Crippen LogP contribution in [-0.4, -0.2) is 39.8 Å². The van der Waals surface area contributed by atoms with E-state index >= 15 is 0 Å². The second-order valence-electron chi connectivity index (χ2n) is 7.81. The fourth-order valence-corrected chi connectivity index (χ4v) is 3.74. The molecule has 2 N–H and O–H groups in total. The molecule has 0 saturated heterocycles. The third-order valence-corrected chi connectivity index (χ3v) is 5.46. The van der Waals surface area contributed by atoms with Crippen LogP contribution in [-0.2, 0) is 0 Å². The number of amides is 1. The van der Waals surface area contributed by atoms with Crippen LogP contribution in [0.2, 0.25) is 0 Å². The topological polar surface area (TPSA) is 115 Å². The molecule has 1 saturated carbocycles. The van der Waals surface area contributed by atoms with Crippen molar-refractivity contribution < 1.29 is 27.4 Å². The van der Waals surface area contributed by atoms with Crippen molar-refractivity contribution in [3.63, 3.8) is 0 Å². The number of nitrogens with zero attached hydrogens (tertiary/aromatic N) is 2. The molecule has 33 heavy (non-hydrogen) atoms. The Balaban J connectivity index is 1.49. The SMILES string of the molecule is O=C(N[C@H](c1ccc2c(c1)OCCO2)C(F)(F)F)c1cnc2c(c1)c(=O)[nH]c(=O)n2C1CC1. The molecule has 172 valence electrons. The van der Waals surface area contributed by atoms with Crippen molar-refractivity contribution in [3.8, 4) is 11.5 Å². The van der Waals surface area contributed by atoms with Crippen LogP contribution in [0.5, 0.6) is 11.5 Å². The molecule has 1 fully saturated rings. The average Bonchev–Trinajstić information content (AvgIpc) is 3.61. The van der Waals surface area contributed by atoms with E-state index in [1.165, 1.54) is 22.8 Å². The summed E-state index contributed by atoms with van der Waals surface area (Å²) < 4.78 is 53.5. The van der Waals surface area contributed by atoms with E-state index in [1.807, 2.05) is 5.32 Å². The average molecular weight is 462 g/mol. The summed E-state index contributed by atoms with van der Waals surface area (Å²) in [5, 5.41) is 1.90. The van der Waals surface area contributed by atoms with Gasteiger partial charge in [0.05, 0.1) is 10.9 Å². The number of pyridine rings is 1. The molecule has 1 amide bonds. The predicted octanol–water partition coefficient (Wildman–Crippen LogP) is 2.22. The number of carbonyl (C=O) groups excluding carboxylic acids is 1. The Bertz CT molecular complexity index is 1380. The van der Waals surface area contributed by atoms with E-state index in [0.29, 0.717) is 5.75 Å². The predicted molar refractivity (Wildman–Crippen MR) is 109 cm³/mol. The van der Waals surface area contributed by atoms with Gasteiger partial charge in [-0.15, -0.1) is 0 Å². The standard InChI is InChI=1S/C21H17F3N4O5/c22-21(23,24)16(10-1-4-14-15(8-10)33-6-5-32-14)26-18(29)11-7-13-17(25-9-11)28(12-2-3-12)20(31)27-19(13)30/h1,4,7-9,12,16H,2-3,5-6H2,(H,26,29)(H,27,30,31)/t16-/m1/s1. The third-order valence-electron chi connectivity index (χ3n) is 5.46. The van der Waals surface area contributed by atoms with E-state index < -0.39 is 29.4 Å². The molecule has 1 atom stereocenters. The number of H-pyrrole nitrogens is 1. The highest BCUT2D eigenvalue weighted by molar-refractivity contribution is 5.97. The highest BCUT2D eigenvalue weighted by Crippen LogP contribution is 2.38. The lowest BCUT2D eigenvalue weighted by Crippen LogP contribution is -2.38. The smallest absolute Gasteiger partial charge is 0.412 e. The Hall–Kier alpha value is -3.83. The Kier molecular flexibility index (Phi) is 4.87. The lowest BCUT2D eigenvalue weighted by atomic mass is 10.0. The molecular formula is C21H17F3N4O5. The molecule has 0 bridgehead atoms. The van der Waals surface area contributed by atoms with Gasteiger partial charge in [0.25, 0.3) is 11.5 Å². The Morgan fingerprint density at radius 2 is 1.88 bits per heavy atom. The normalized spacial score (nSPS) is 16.5. The third kappa shape index (κ3) is 3.92. The first-order valence-corrected chi connectivity index (χ1v) is 10.1. The fraction of sp³-hybridized carbons (Fsp3) is 0.333. The molecule has 2 aromatic heterocycles. The maximum Gasteiger partial charge on any atom is 0.412 e. The number of aromatic amines is 1. The first kappa shape index (κ1) is 21.0. The van der Waals surface area contributed by atoms with Gasteiger partial charge in [-0.25, -0.2) is 9.78 Å². The molecule has 12 heteroatoms. The minimum Gasteiger partial charge on any atom is -0.486 e. The van der Waals surface area contributed by atoms with Crippen LogP contribution in [0.4, 0.5) is 13.2 Å². The molecule has 2 aliphatic rings. The van der Waals surface area contributed by atoms with E-state index in [-0.39, 0.29) is 47.2 Å². The van der Waals surface area contributed by atoms with Crippen molar-refractivity contribution in [3.05, 3.63) is 62.4 Å². The lowest BCUT2D eigenvalue weighted by molar-refractivity contribution is -0.155. The number of aromatic nitrogens is 3. The minimum atomic E-state index is -4.81. The quantitative estimate of drug-likeness (QED) is 0.615. The van der Waals surface area contributed by atoms with E-state index in [0.717, 1.165) is 25.1 Å². The highest BCUT2D eigenvalue weighted by atomic mass is 19.4. The van der Waals surface area contributed by atoms with Crippen LogP contribution >= 0.6 is 0 Å². The zero-order chi connectivity index (χ0) is 23.3. The first-order valence-electron chi connectivity index (χ1n) is 10.1. The van der Waals surface area contributed by atoms with Crippen LogP contribution < -0.4 is 26.0 Å². The highest BCUT2D eigenvalue weighted by Gasteiger charge is 2.42. The maximum absolute atomic E-state index is 13.8. The summed E-state index contributed by atoms with van der Waals surface area (Å²) >= 11 is 0. The molecule has 0 spiro atoms. The molecular weight excluding hydrogens is 445 g/mol. The number of ether oxygens (including phenoxy) is 2. The number of fused-ring (bicyclic) bond motifs is 2. The number of nitrogens with one attached hydrogen (secondary N) is 2. The lowest BCUT2D eigenvalue weighted by Gasteiger charge is -2.24. The van der Waals surface area contributed by atoms with Crippen molar-refractivity contribution in [1.29, 1.82) is 0 Å². The number of rotatable bonds is 4. The van der Waals surface area contributed by atoms with E-state index in [2.05, 4.69) is 9.97 Å².